The molecule has 0 atom stereocenters. The lowest BCUT2D eigenvalue weighted by molar-refractivity contribution is 0.677. The minimum atomic E-state index is 1.24. The Bertz CT molecular complexity index is 334. The molecule has 0 aromatic heterocycles. The number of allylic oxidation sites excluding steroid dienone is 2. The van der Waals surface area contributed by atoms with Crippen LogP contribution in [0.4, 0.5) is 0 Å². The molecule has 0 unspecified atom stereocenters. The Labute approximate surface area is 119 Å². The summed E-state index contributed by atoms with van der Waals surface area (Å²) in [6, 6.07) is 10.9. The zero-order chi connectivity index (χ0) is 13.8. The van der Waals surface area contributed by atoms with E-state index in [1.54, 1.807) is 5.57 Å². The van der Waals surface area contributed by atoms with Gasteiger partial charge in [-0.2, -0.15) is 0 Å². The van der Waals surface area contributed by atoms with Gasteiger partial charge in [0.15, 0.2) is 0 Å². The molecule has 0 heterocycles. The molecule has 0 saturated heterocycles. The molecule has 0 N–H and O–H groups in total. The molecule has 106 valence electrons. The van der Waals surface area contributed by atoms with Crippen LogP contribution >= 0.6 is 0 Å². The Hall–Kier alpha value is -1.04. The molecule has 1 aromatic rings. The summed E-state index contributed by atoms with van der Waals surface area (Å²) in [4.78, 5) is 0. The zero-order valence-corrected chi connectivity index (χ0v) is 12.8. The first-order chi connectivity index (χ1) is 9.38. The van der Waals surface area contributed by atoms with Crippen molar-refractivity contribution in [1.82, 2.24) is 0 Å². The third-order valence-corrected chi connectivity index (χ3v) is 3.64. The van der Waals surface area contributed by atoms with Crippen molar-refractivity contribution in [2.45, 2.75) is 71.6 Å². The summed E-state index contributed by atoms with van der Waals surface area (Å²) in [6.45, 7) is 4.55. The summed E-state index contributed by atoms with van der Waals surface area (Å²) < 4.78 is 0. The number of hydrogen-bond acceptors (Lipinski definition) is 0. The molecular formula is C19H30. The lowest BCUT2D eigenvalue weighted by Crippen LogP contribution is -1.87. The van der Waals surface area contributed by atoms with E-state index in [-0.39, 0.29) is 0 Å². The van der Waals surface area contributed by atoms with E-state index in [1.807, 2.05) is 0 Å². The Kier molecular flexibility index (Phi) is 9.14. The van der Waals surface area contributed by atoms with Crippen LogP contribution in [0.25, 0.3) is 5.57 Å². The number of hydrogen-bond donors (Lipinski definition) is 0. The molecule has 0 radical (unpaired) electrons. The smallest absolute Gasteiger partial charge is 0.0228 e. The minimum absolute atomic E-state index is 1.24. The van der Waals surface area contributed by atoms with E-state index in [9.17, 15) is 0 Å². The lowest BCUT2D eigenvalue weighted by Gasteiger charge is -2.08. The van der Waals surface area contributed by atoms with Crippen molar-refractivity contribution in [3.8, 4) is 0 Å². The van der Waals surface area contributed by atoms with Crippen molar-refractivity contribution in [1.29, 1.82) is 0 Å². The van der Waals surface area contributed by atoms with E-state index >= 15 is 0 Å². The van der Waals surface area contributed by atoms with Crippen LogP contribution in [-0.4, -0.2) is 0 Å². The van der Waals surface area contributed by atoms with Gasteiger partial charge in [-0.15, -0.1) is 0 Å². The van der Waals surface area contributed by atoms with Gasteiger partial charge in [0.05, 0.1) is 0 Å². The zero-order valence-electron chi connectivity index (χ0n) is 12.8. The van der Waals surface area contributed by atoms with E-state index in [0.29, 0.717) is 0 Å². The molecule has 0 aliphatic rings. The van der Waals surface area contributed by atoms with Crippen molar-refractivity contribution in [2.24, 2.45) is 0 Å². The van der Waals surface area contributed by atoms with Crippen LogP contribution in [-0.2, 0) is 0 Å². The van der Waals surface area contributed by atoms with Crippen molar-refractivity contribution in [3.05, 3.63) is 42.0 Å². The highest BCUT2D eigenvalue weighted by molar-refractivity contribution is 5.65. The molecule has 0 saturated carbocycles. The monoisotopic (exact) mass is 258 g/mol. The van der Waals surface area contributed by atoms with Gasteiger partial charge in [0.2, 0.25) is 0 Å². The summed E-state index contributed by atoms with van der Waals surface area (Å²) in [6.07, 6.45) is 14.4. The Morgan fingerprint density at radius 1 is 0.842 bits per heavy atom. The number of rotatable bonds is 10. The molecule has 0 aliphatic heterocycles. The van der Waals surface area contributed by atoms with Crippen LogP contribution in [0.3, 0.4) is 0 Å². The fourth-order valence-electron chi connectivity index (χ4n) is 2.43. The molecule has 0 nitrogen and oxygen atoms in total. The highest BCUT2D eigenvalue weighted by Crippen LogP contribution is 2.22. The van der Waals surface area contributed by atoms with Gasteiger partial charge in [-0.05, 0) is 36.8 Å². The van der Waals surface area contributed by atoms with Crippen molar-refractivity contribution in [2.75, 3.05) is 0 Å². The van der Waals surface area contributed by atoms with Gasteiger partial charge in [-0.3, -0.25) is 0 Å². The van der Waals surface area contributed by atoms with Gasteiger partial charge >= 0.3 is 0 Å². The van der Waals surface area contributed by atoms with Gasteiger partial charge in [0.1, 0.15) is 0 Å². The molecule has 0 fully saturated rings. The van der Waals surface area contributed by atoms with Crippen LogP contribution in [0.15, 0.2) is 36.4 Å². The molecule has 0 heteroatoms. The second-order valence-corrected chi connectivity index (χ2v) is 5.40. The first-order valence-corrected chi connectivity index (χ1v) is 8.13. The fourth-order valence-corrected chi connectivity index (χ4v) is 2.43. The summed E-state index contributed by atoms with van der Waals surface area (Å²) in [7, 11) is 0. The molecule has 19 heavy (non-hydrogen) atoms. The molecule has 0 amide bonds. The standard InChI is InChI=1S/C19H30/c1-3-5-7-10-14-18(15-11-8-6-4-2)19-16-12-9-13-17-19/h9,12-14,16-17H,3-8,10-11,15H2,1-2H3. The van der Waals surface area contributed by atoms with E-state index in [1.165, 1.54) is 63.4 Å². The van der Waals surface area contributed by atoms with Gasteiger partial charge in [0.25, 0.3) is 0 Å². The third-order valence-electron chi connectivity index (χ3n) is 3.64. The van der Waals surface area contributed by atoms with E-state index in [2.05, 4.69) is 50.3 Å². The van der Waals surface area contributed by atoms with E-state index < -0.39 is 0 Å². The molecule has 0 aliphatic carbocycles. The normalized spacial score (nSPS) is 11.8. The summed E-state index contributed by atoms with van der Waals surface area (Å²) in [5, 5.41) is 0. The van der Waals surface area contributed by atoms with Crippen molar-refractivity contribution >= 4 is 5.57 Å². The highest BCUT2D eigenvalue weighted by Gasteiger charge is 2.01. The van der Waals surface area contributed by atoms with Crippen LogP contribution in [0, 0.1) is 0 Å². The molecule has 0 spiro atoms. The van der Waals surface area contributed by atoms with Crippen molar-refractivity contribution < 1.29 is 0 Å². The highest BCUT2D eigenvalue weighted by atomic mass is 14.1. The maximum atomic E-state index is 2.48. The topological polar surface area (TPSA) is 0 Å². The maximum absolute atomic E-state index is 2.48. The maximum Gasteiger partial charge on any atom is -0.0228 e. The van der Waals surface area contributed by atoms with Crippen LogP contribution in [0.1, 0.15) is 77.2 Å². The van der Waals surface area contributed by atoms with Crippen LogP contribution in [0.5, 0.6) is 0 Å². The first kappa shape index (κ1) is 16.0. The molecular weight excluding hydrogens is 228 g/mol. The van der Waals surface area contributed by atoms with Gasteiger partial charge in [-0.25, -0.2) is 0 Å². The average Bonchev–Trinajstić information content (AvgIpc) is 2.46. The summed E-state index contributed by atoms with van der Waals surface area (Å²) in [5.74, 6) is 0. The average molecular weight is 258 g/mol. The molecule has 1 aromatic carbocycles. The quantitative estimate of drug-likeness (QED) is 0.414. The van der Waals surface area contributed by atoms with Gasteiger partial charge in [0, 0.05) is 0 Å². The predicted molar refractivity (Wildman–Crippen MR) is 87.3 cm³/mol. The number of unbranched alkanes of at least 4 members (excludes halogenated alkanes) is 6. The first-order valence-electron chi connectivity index (χ1n) is 8.13. The van der Waals surface area contributed by atoms with E-state index in [0.717, 1.165) is 0 Å². The second kappa shape index (κ2) is 10.8. The molecule has 0 bridgehead atoms. The Morgan fingerprint density at radius 2 is 1.53 bits per heavy atom. The van der Waals surface area contributed by atoms with Crippen molar-refractivity contribution in [3.63, 3.8) is 0 Å². The summed E-state index contributed by atoms with van der Waals surface area (Å²) in [5.41, 5.74) is 2.99. The molecule has 1 rings (SSSR count). The van der Waals surface area contributed by atoms with Crippen LogP contribution in [0.2, 0.25) is 0 Å². The minimum Gasteiger partial charge on any atom is -0.0807 e. The largest absolute Gasteiger partial charge is 0.0807 e. The van der Waals surface area contributed by atoms with Gasteiger partial charge < -0.3 is 0 Å². The second-order valence-electron chi connectivity index (χ2n) is 5.40. The van der Waals surface area contributed by atoms with E-state index in [4.69, 9.17) is 0 Å². The third kappa shape index (κ3) is 7.20. The van der Waals surface area contributed by atoms with Crippen LogP contribution < -0.4 is 0 Å². The predicted octanol–water partition coefficient (Wildman–Crippen LogP) is 6.62. The summed E-state index contributed by atoms with van der Waals surface area (Å²) >= 11 is 0. The Balaban J connectivity index is 2.52. The lowest BCUT2D eigenvalue weighted by atomic mass is 9.97. The fraction of sp³-hybridized carbons (Fsp3) is 0.579. The van der Waals surface area contributed by atoms with Gasteiger partial charge in [-0.1, -0.05) is 82.4 Å². The SMILES string of the molecule is CCCCCC=C(CCCCCC)c1ccccc1. The number of benzene rings is 1. The Morgan fingerprint density at radius 3 is 2.21 bits per heavy atom.